The highest BCUT2D eigenvalue weighted by Gasteiger charge is 2.17. The molecule has 0 amide bonds. The number of fused-ring (bicyclic) bond motifs is 1. The largest absolute Gasteiger partial charge is 0.507 e. The summed E-state index contributed by atoms with van der Waals surface area (Å²) >= 11 is 0. The van der Waals surface area contributed by atoms with Gasteiger partial charge in [-0.1, -0.05) is 17.2 Å². The van der Waals surface area contributed by atoms with E-state index in [1.807, 2.05) is 26.0 Å². The Bertz CT molecular complexity index is 974. The van der Waals surface area contributed by atoms with Gasteiger partial charge in [0.2, 0.25) is 0 Å². The fourth-order valence-corrected chi connectivity index (χ4v) is 3.16. The van der Waals surface area contributed by atoms with Crippen LogP contribution < -0.4 is 5.43 Å². The van der Waals surface area contributed by atoms with Crippen molar-refractivity contribution in [1.82, 2.24) is 0 Å². The van der Waals surface area contributed by atoms with E-state index in [2.05, 4.69) is 6.07 Å². The molecule has 0 aliphatic rings. The van der Waals surface area contributed by atoms with Crippen LogP contribution in [-0.4, -0.2) is 5.11 Å². The lowest BCUT2D eigenvalue weighted by molar-refractivity contribution is 0.467. The topological polar surface area (TPSA) is 50.4 Å². The first-order chi connectivity index (χ1) is 10.8. The van der Waals surface area contributed by atoms with Crippen LogP contribution in [0.25, 0.3) is 22.3 Å². The van der Waals surface area contributed by atoms with Crippen molar-refractivity contribution in [3.8, 4) is 17.1 Å². The monoisotopic (exact) mass is 308 g/mol. The predicted molar refractivity (Wildman–Crippen MR) is 93.3 cm³/mol. The number of hydrogen-bond donors (Lipinski definition) is 1. The summed E-state index contributed by atoms with van der Waals surface area (Å²) in [7, 11) is 0. The quantitative estimate of drug-likeness (QED) is 0.708. The molecule has 0 unspecified atom stereocenters. The highest BCUT2D eigenvalue weighted by molar-refractivity contribution is 5.86. The van der Waals surface area contributed by atoms with E-state index in [0.29, 0.717) is 33.4 Å². The van der Waals surface area contributed by atoms with Crippen molar-refractivity contribution in [3.63, 3.8) is 0 Å². The summed E-state index contributed by atoms with van der Waals surface area (Å²) in [5.74, 6) is 0.752. The Hall–Kier alpha value is -2.55. The zero-order chi connectivity index (χ0) is 16.9. The number of benzene rings is 2. The van der Waals surface area contributed by atoms with Gasteiger partial charge in [0.05, 0.1) is 5.39 Å². The van der Waals surface area contributed by atoms with Gasteiger partial charge in [-0.05, 0) is 58.4 Å². The zero-order valence-corrected chi connectivity index (χ0v) is 14.1. The third kappa shape index (κ3) is 2.42. The van der Waals surface area contributed by atoms with Gasteiger partial charge in [-0.3, -0.25) is 4.79 Å². The summed E-state index contributed by atoms with van der Waals surface area (Å²) in [6, 6.07) is 7.85. The van der Waals surface area contributed by atoms with Crippen molar-refractivity contribution in [2.24, 2.45) is 0 Å². The lowest BCUT2D eigenvalue weighted by atomic mass is 9.99. The molecule has 118 valence electrons. The second-order valence-electron chi connectivity index (χ2n) is 6.30. The Labute approximate surface area is 135 Å². The maximum Gasteiger partial charge on any atom is 0.196 e. The van der Waals surface area contributed by atoms with Crippen LogP contribution in [0.1, 0.15) is 27.8 Å². The van der Waals surface area contributed by atoms with Crippen LogP contribution in [0.2, 0.25) is 0 Å². The van der Waals surface area contributed by atoms with Gasteiger partial charge in [0.1, 0.15) is 17.1 Å². The summed E-state index contributed by atoms with van der Waals surface area (Å²) < 4.78 is 6.07. The molecular formula is C20H20O3. The molecule has 0 aliphatic carbocycles. The third-order valence-electron chi connectivity index (χ3n) is 4.30. The maximum atomic E-state index is 12.8. The molecule has 3 aromatic rings. The van der Waals surface area contributed by atoms with Gasteiger partial charge in [0.15, 0.2) is 5.43 Å². The Morgan fingerprint density at radius 3 is 2.09 bits per heavy atom. The summed E-state index contributed by atoms with van der Waals surface area (Å²) in [5, 5.41) is 10.6. The van der Waals surface area contributed by atoms with Gasteiger partial charge in [-0.2, -0.15) is 0 Å². The molecule has 3 rings (SSSR count). The third-order valence-corrected chi connectivity index (χ3v) is 4.30. The molecule has 0 saturated heterocycles. The molecule has 2 aromatic carbocycles. The molecule has 3 nitrogen and oxygen atoms in total. The smallest absolute Gasteiger partial charge is 0.196 e. The average molecular weight is 308 g/mol. The molecule has 23 heavy (non-hydrogen) atoms. The molecule has 0 spiro atoms. The van der Waals surface area contributed by atoms with Crippen molar-refractivity contribution in [1.29, 1.82) is 0 Å². The van der Waals surface area contributed by atoms with Gasteiger partial charge in [0, 0.05) is 16.7 Å². The maximum absolute atomic E-state index is 12.8. The van der Waals surface area contributed by atoms with Gasteiger partial charge < -0.3 is 9.52 Å². The summed E-state index contributed by atoms with van der Waals surface area (Å²) in [6.45, 7) is 9.37. The Morgan fingerprint density at radius 1 is 0.870 bits per heavy atom. The van der Waals surface area contributed by atoms with Crippen molar-refractivity contribution >= 4 is 11.0 Å². The van der Waals surface area contributed by atoms with Crippen molar-refractivity contribution in [3.05, 3.63) is 62.3 Å². The number of rotatable bonds is 1. The Balaban J connectivity index is 2.42. The lowest BCUT2D eigenvalue weighted by Gasteiger charge is -2.12. The fourth-order valence-electron chi connectivity index (χ4n) is 3.16. The van der Waals surface area contributed by atoms with E-state index >= 15 is 0 Å². The minimum absolute atomic E-state index is 0.0896. The van der Waals surface area contributed by atoms with E-state index in [9.17, 15) is 9.90 Å². The van der Waals surface area contributed by atoms with E-state index in [4.69, 9.17) is 4.42 Å². The number of phenolic OH excluding ortho intramolecular Hbond substituents is 1. The molecule has 0 radical (unpaired) electrons. The van der Waals surface area contributed by atoms with Gasteiger partial charge >= 0.3 is 0 Å². The minimum Gasteiger partial charge on any atom is -0.507 e. The predicted octanol–water partition coefficient (Wildman–Crippen LogP) is 4.71. The van der Waals surface area contributed by atoms with Crippen LogP contribution in [-0.2, 0) is 0 Å². The van der Waals surface area contributed by atoms with E-state index < -0.39 is 0 Å². The highest BCUT2D eigenvalue weighted by Crippen LogP contribution is 2.32. The van der Waals surface area contributed by atoms with Crippen LogP contribution in [0.3, 0.4) is 0 Å². The van der Waals surface area contributed by atoms with Crippen LogP contribution in [0, 0.1) is 34.6 Å². The van der Waals surface area contributed by atoms with E-state index in [0.717, 1.165) is 16.7 Å². The Morgan fingerprint density at radius 2 is 1.48 bits per heavy atom. The highest BCUT2D eigenvalue weighted by atomic mass is 16.3. The first kappa shape index (κ1) is 15.3. The SMILES string of the molecule is Cc1cc(C)cc(-c2oc3cc(C)c(O)c(C)c3c(=O)c2C)c1. The first-order valence-corrected chi connectivity index (χ1v) is 7.65. The van der Waals surface area contributed by atoms with Crippen LogP contribution in [0.15, 0.2) is 33.5 Å². The van der Waals surface area contributed by atoms with E-state index in [1.165, 1.54) is 0 Å². The van der Waals surface area contributed by atoms with Gasteiger partial charge in [-0.15, -0.1) is 0 Å². The second-order valence-corrected chi connectivity index (χ2v) is 6.30. The molecule has 0 aliphatic heterocycles. The average Bonchev–Trinajstić information content (AvgIpc) is 2.47. The minimum atomic E-state index is -0.0896. The lowest BCUT2D eigenvalue weighted by Crippen LogP contribution is -2.09. The summed E-state index contributed by atoms with van der Waals surface area (Å²) in [5.41, 5.74) is 5.42. The number of phenols is 1. The summed E-state index contributed by atoms with van der Waals surface area (Å²) in [4.78, 5) is 12.8. The van der Waals surface area contributed by atoms with Crippen LogP contribution in [0.5, 0.6) is 5.75 Å². The summed E-state index contributed by atoms with van der Waals surface area (Å²) in [6.07, 6.45) is 0. The second kappa shape index (κ2) is 5.27. The van der Waals surface area contributed by atoms with Crippen molar-refractivity contribution in [2.45, 2.75) is 34.6 Å². The molecule has 0 atom stereocenters. The number of aryl methyl sites for hydroxylation is 4. The number of hydrogen-bond acceptors (Lipinski definition) is 3. The molecule has 0 saturated carbocycles. The fraction of sp³-hybridized carbons (Fsp3) is 0.250. The molecule has 1 N–H and O–H groups in total. The molecule has 0 fully saturated rings. The zero-order valence-electron chi connectivity index (χ0n) is 14.1. The van der Waals surface area contributed by atoms with Crippen LogP contribution >= 0.6 is 0 Å². The van der Waals surface area contributed by atoms with Crippen molar-refractivity contribution < 1.29 is 9.52 Å². The first-order valence-electron chi connectivity index (χ1n) is 7.65. The van der Waals surface area contributed by atoms with E-state index in [1.54, 1.807) is 26.8 Å². The van der Waals surface area contributed by atoms with E-state index in [-0.39, 0.29) is 11.2 Å². The Kier molecular flexibility index (Phi) is 3.52. The van der Waals surface area contributed by atoms with Crippen LogP contribution in [0.4, 0.5) is 0 Å². The standard InChI is InChI=1S/C20H20O3/c1-10-6-11(2)8-15(7-10)20-14(5)19(22)17-13(4)18(21)12(3)9-16(17)23-20/h6-9,21H,1-5H3. The van der Waals surface area contributed by atoms with Gasteiger partial charge in [-0.25, -0.2) is 0 Å². The number of aromatic hydroxyl groups is 1. The van der Waals surface area contributed by atoms with Crippen molar-refractivity contribution in [2.75, 3.05) is 0 Å². The molecule has 1 aromatic heterocycles. The molecule has 1 heterocycles. The normalized spacial score (nSPS) is 11.2. The van der Waals surface area contributed by atoms with Gasteiger partial charge in [0.25, 0.3) is 0 Å². The molecular weight excluding hydrogens is 288 g/mol. The molecule has 0 bridgehead atoms. The molecule has 3 heteroatoms.